The van der Waals surface area contributed by atoms with Gasteiger partial charge < -0.3 is 10.6 Å². The molecule has 1 aliphatic rings. The van der Waals surface area contributed by atoms with Crippen molar-refractivity contribution in [3.05, 3.63) is 28.2 Å². The van der Waals surface area contributed by atoms with Crippen LogP contribution in [-0.4, -0.2) is 43.0 Å². The van der Waals surface area contributed by atoms with E-state index in [-0.39, 0.29) is 11.9 Å². The number of amides is 1. The van der Waals surface area contributed by atoms with E-state index in [9.17, 15) is 4.79 Å². The summed E-state index contributed by atoms with van der Waals surface area (Å²) in [6, 6.07) is 5.78. The average molecular weight is 326 g/mol. The normalized spacial score (nSPS) is 18.1. The van der Waals surface area contributed by atoms with Crippen LogP contribution < -0.4 is 10.6 Å². The van der Waals surface area contributed by atoms with Crippen molar-refractivity contribution in [3.8, 4) is 0 Å². The second-order valence-electron chi connectivity index (χ2n) is 4.89. The number of carbonyl (C=O) groups is 1. The molecule has 0 aliphatic carbocycles. The Labute approximate surface area is 122 Å². The van der Waals surface area contributed by atoms with Crippen molar-refractivity contribution in [1.82, 2.24) is 10.2 Å². The van der Waals surface area contributed by atoms with Gasteiger partial charge in [-0.15, -0.1) is 0 Å². The molecular weight excluding hydrogens is 306 g/mol. The van der Waals surface area contributed by atoms with E-state index >= 15 is 0 Å². The van der Waals surface area contributed by atoms with Gasteiger partial charge in [0.2, 0.25) is 5.91 Å². The van der Waals surface area contributed by atoms with Crippen LogP contribution in [0.3, 0.4) is 0 Å². The van der Waals surface area contributed by atoms with Gasteiger partial charge in [-0.3, -0.25) is 9.69 Å². The van der Waals surface area contributed by atoms with E-state index in [2.05, 4.69) is 31.5 Å². The Balaban J connectivity index is 2.01. The summed E-state index contributed by atoms with van der Waals surface area (Å²) in [5.41, 5.74) is 1.96. The predicted molar refractivity (Wildman–Crippen MR) is 81.4 cm³/mol. The smallest absolute Gasteiger partial charge is 0.241 e. The third-order valence-electron chi connectivity index (χ3n) is 3.53. The molecule has 1 aliphatic heterocycles. The number of aryl methyl sites for hydroxylation is 1. The SMILES string of the molecule is Cc1cccc(NC(=O)C(C)N2CCNCC2)c1Br. The van der Waals surface area contributed by atoms with E-state index in [1.54, 1.807) is 0 Å². The standard InChI is InChI=1S/C14H20BrN3O/c1-10-4-3-5-12(13(10)15)17-14(19)11(2)18-8-6-16-7-9-18/h3-5,11,16H,6-9H2,1-2H3,(H,17,19). The fraction of sp³-hybridized carbons (Fsp3) is 0.500. The van der Waals surface area contributed by atoms with Gasteiger partial charge in [-0.2, -0.15) is 0 Å². The Morgan fingerprint density at radius 3 is 2.79 bits per heavy atom. The van der Waals surface area contributed by atoms with Crippen molar-refractivity contribution >= 4 is 27.5 Å². The van der Waals surface area contributed by atoms with Crippen LogP contribution in [0.4, 0.5) is 5.69 Å². The summed E-state index contributed by atoms with van der Waals surface area (Å²) in [6.07, 6.45) is 0. The van der Waals surface area contributed by atoms with Gasteiger partial charge in [0, 0.05) is 30.7 Å². The van der Waals surface area contributed by atoms with Gasteiger partial charge in [0.1, 0.15) is 0 Å². The lowest BCUT2D eigenvalue weighted by atomic mass is 10.2. The van der Waals surface area contributed by atoms with Gasteiger partial charge >= 0.3 is 0 Å². The fourth-order valence-electron chi connectivity index (χ4n) is 2.22. The van der Waals surface area contributed by atoms with Crippen molar-refractivity contribution in [2.75, 3.05) is 31.5 Å². The zero-order valence-corrected chi connectivity index (χ0v) is 13.0. The van der Waals surface area contributed by atoms with Crippen LogP contribution in [-0.2, 0) is 4.79 Å². The summed E-state index contributed by atoms with van der Waals surface area (Å²) >= 11 is 3.52. The zero-order chi connectivity index (χ0) is 13.8. The number of anilines is 1. The number of piperazine rings is 1. The molecule has 1 amide bonds. The molecule has 1 unspecified atom stereocenters. The van der Waals surface area contributed by atoms with Crippen molar-refractivity contribution < 1.29 is 4.79 Å². The highest BCUT2D eigenvalue weighted by Gasteiger charge is 2.23. The molecular formula is C14H20BrN3O. The quantitative estimate of drug-likeness (QED) is 0.893. The maximum absolute atomic E-state index is 12.3. The average Bonchev–Trinajstić information content (AvgIpc) is 2.44. The third-order valence-corrected chi connectivity index (χ3v) is 4.58. The first kappa shape index (κ1) is 14.5. The predicted octanol–water partition coefficient (Wildman–Crippen LogP) is 1.99. The lowest BCUT2D eigenvalue weighted by Crippen LogP contribution is -2.51. The number of nitrogens with one attached hydrogen (secondary N) is 2. The first-order chi connectivity index (χ1) is 9.09. The van der Waals surface area contributed by atoms with Crippen molar-refractivity contribution in [1.29, 1.82) is 0 Å². The first-order valence-electron chi connectivity index (χ1n) is 6.60. The molecule has 1 heterocycles. The first-order valence-corrected chi connectivity index (χ1v) is 7.39. The number of nitrogens with zero attached hydrogens (tertiary/aromatic N) is 1. The Kier molecular flexibility index (Phi) is 4.96. The van der Waals surface area contributed by atoms with Crippen LogP contribution in [0.1, 0.15) is 12.5 Å². The van der Waals surface area contributed by atoms with E-state index in [1.807, 2.05) is 32.0 Å². The third kappa shape index (κ3) is 3.55. The van der Waals surface area contributed by atoms with Crippen molar-refractivity contribution in [2.24, 2.45) is 0 Å². The van der Waals surface area contributed by atoms with Crippen LogP contribution in [0, 0.1) is 6.92 Å². The van der Waals surface area contributed by atoms with E-state index < -0.39 is 0 Å². The highest BCUT2D eigenvalue weighted by Crippen LogP contribution is 2.26. The molecule has 1 saturated heterocycles. The minimum absolute atomic E-state index is 0.0493. The van der Waals surface area contributed by atoms with Gasteiger partial charge in [-0.1, -0.05) is 12.1 Å². The molecule has 0 radical (unpaired) electrons. The van der Waals surface area contributed by atoms with Crippen LogP contribution in [0.5, 0.6) is 0 Å². The molecule has 2 rings (SSSR count). The van der Waals surface area contributed by atoms with Crippen molar-refractivity contribution in [2.45, 2.75) is 19.9 Å². The van der Waals surface area contributed by atoms with E-state index in [1.165, 1.54) is 0 Å². The van der Waals surface area contributed by atoms with Crippen LogP contribution in [0.15, 0.2) is 22.7 Å². The fourth-order valence-corrected chi connectivity index (χ4v) is 2.58. The van der Waals surface area contributed by atoms with Gasteiger partial charge in [0.05, 0.1) is 11.7 Å². The van der Waals surface area contributed by atoms with Crippen LogP contribution in [0.25, 0.3) is 0 Å². The minimum atomic E-state index is -0.102. The molecule has 0 bridgehead atoms. The van der Waals surface area contributed by atoms with Crippen molar-refractivity contribution in [3.63, 3.8) is 0 Å². The van der Waals surface area contributed by atoms with Gasteiger partial charge in [-0.25, -0.2) is 0 Å². The molecule has 0 spiro atoms. The van der Waals surface area contributed by atoms with E-state index in [4.69, 9.17) is 0 Å². The zero-order valence-electron chi connectivity index (χ0n) is 11.4. The van der Waals surface area contributed by atoms with Crippen LogP contribution >= 0.6 is 15.9 Å². The number of halogens is 1. The molecule has 1 aromatic carbocycles. The van der Waals surface area contributed by atoms with E-state index in [0.29, 0.717) is 0 Å². The number of hydrogen-bond acceptors (Lipinski definition) is 3. The highest BCUT2D eigenvalue weighted by molar-refractivity contribution is 9.10. The molecule has 5 heteroatoms. The number of benzene rings is 1. The highest BCUT2D eigenvalue weighted by atomic mass is 79.9. The molecule has 4 nitrogen and oxygen atoms in total. The molecule has 1 aromatic rings. The monoisotopic (exact) mass is 325 g/mol. The molecule has 1 fully saturated rings. The van der Waals surface area contributed by atoms with Gasteiger partial charge in [-0.05, 0) is 41.4 Å². The lowest BCUT2D eigenvalue weighted by Gasteiger charge is -2.31. The number of carbonyl (C=O) groups excluding carboxylic acids is 1. The molecule has 0 saturated carbocycles. The van der Waals surface area contributed by atoms with E-state index in [0.717, 1.165) is 41.9 Å². The largest absolute Gasteiger partial charge is 0.324 e. The summed E-state index contributed by atoms with van der Waals surface area (Å²) in [4.78, 5) is 14.5. The summed E-state index contributed by atoms with van der Waals surface area (Å²) in [6.45, 7) is 7.72. The Hall–Kier alpha value is -0.910. The van der Waals surface area contributed by atoms with Gasteiger partial charge in [0.15, 0.2) is 0 Å². The molecule has 0 aromatic heterocycles. The summed E-state index contributed by atoms with van der Waals surface area (Å²) in [5.74, 6) is 0.0493. The summed E-state index contributed by atoms with van der Waals surface area (Å²) < 4.78 is 0.955. The Morgan fingerprint density at radius 1 is 1.42 bits per heavy atom. The second kappa shape index (κ2) is 6.50. The minimum Gasteiger partial charge on any atom is -0.324 e. The molecule has 1 atom stereocenters. The Bertz CT molecular complexity index is 458. The molecule has 104 valence electrons. The topological polar surface area (TPSA) is 44.4 Å². The number of hydrogen-bond donors (Lipinski definition) is 2. The number of rotatable bonds is 3. The maximum Gasteiger partial charge on any atom is 0.241 e. The van der Waals surface area contributed by atoms with Crippen LogP contribution in [0.2, 0.25) is 0 Å². The maximum atomic E-state index is 12.3. The van der Waals surface area contributed by atoms with Gasteiger partial charge in [0.25, 0.3) is 0 Å². The second-order valence-corrected chi connectivity index (χ2v) is 5.68. The summed E-state index contributed by atoms with van der Waals surface area (Å²) in [5, 5.41) is 6.29. The molecule has 19 heavy (non-hydrogen) atoms. The Morgan fingerprint density at radius 2 is 2.11 bits per heavy atom. The summed E-state index contributed by atoms with van der Waals surface area (Å²) in [7, 11) is 0. The lowest BCUT2D eigenvalue weighted by molar-refractivity contribution is -0.120. The molecule has 2 N–H and O–H groups in total.